The third-order valence-electron chi connectivity index (χ3n) is 2.43. The van der Waals surface area contributed by atoms with E-state index in [0.717, 1.165) is 6.54 Å². The zero-order valence-corrected chi connectivity index (χ0v) is 12.1. The molecule has 0 atom stereocenters. The van der Waals surface area contributed by atoms with Gasteiger partial charge in [0.15, 0.2) is 5.13 Å². The lowest BCUT2D eigenvalue weighted by atomic mass is 10.4. The monoisotopic (exact) mass is 285 g/mol. The molecule has 1 heterocycles. The molecule has 0 aliphatic rings. The molecule has 0 fully saturated rings. The number of likely N-dealkylation sites (N-methyl/N-ethyl adjacent to an activating group) is 1. The summed E-state index contributed by atoms with van der Waals surface area (Å²) in [4.78, 5) is 29.5. The van der Waals surface area contributed by atoms with E-state index in [9.17, 15) is 9.59 Å². The summed E-state index contributed by atoms with van der Waals surface area (Å²) < 4.78 is 0. The standard InChI is InChI=1S/C11H19N5O2S/c1-4-13-7(17)6-14-10(18)8-9(12)15-11(19-8)16(3)5-2/h4-6,12H2,1-3H3,(H,13,17)(H,14,18). The molecule has 0 aromatic carbocycles. The molecule has 0 saturated heterocycles. The van der Waals surface area contributed by atoms with Crippen LogP contribution in [0.2, 0.25) is 0 Å². The Morgan fingerprint density at radius 3 is 2.63 bits per heavy atom. The van der Waals surface area contributed by atoms with Gasteiger partial charge in [0, 0.05) is 20.1 Å². The number of nitrogens with two attached hydrogens (primary N) is 1. The van der Waals surface area contributed by atoms with Gasteiger partial charge in [-0.15, -0.1) is 0 Å². The van der Waals surface area contributed by atoms with E-state index >= 15 is 0 Å². The molecule has 4 N–H and O–H groups in total. The topological polar surface area (TPSA) is 100 Å². The van der Waals surface area contributed by atoms with Crippen LogP contribution >= 0.6 is 11.3 Å². The van der Waals surface area contributed by atoms with Crippen LogP contribution < -0.4 is 21.3 Å². The van der Waals surface area contributed by atoms with Crippen molar-refractivity contribution in [1.82, 2.24) is 15.6 Å². The number of hydrogen-bond acceptors (Lipinski definition) is 6. The lowest BCUT2D eigenvalue weighted by molar-refractivity contribution is -0.120. The number of anilines is 2. The summed E-state index contributed by atoms with van der Waals surface area (Å²) in [7, 11) is 1.87. The minimum absolute atomic E-state index is 0.0665. The van der Waals surface area contributed by atoms with E-state index in [0.29, 0.717) is 16.6 Å². The number of nitrogen functional groups attached to an aromatic ring is 1. The number of nitrogens with zero attached hydrogens (tertiary/aromatic N) is 2. The van der Waals surface area contributed by atoms with E-state index < -0.39 is 0 Å². The highest BCUT2D eigenvalue weighted by molar-refractivity contribution is 7.18. The number of rotatable bonds is 6. The van der Waals surface area contributed by atoms with Gasteiger partial charge in [0.1, 0.15) is 10.7 Å². The van der Waals surface area contributed by atoms with E-state index in [1.165, 1.54) is 11.3 Å². The van der Waals surface area contributed by atoms with Gasteiger partial charge in [0.2, 0.25) is 5.91 Å². The first kappa shape index (κ1) is 15.2. The van der Waals surface area contributed by atoms with Crippen LogP contribution in [-0.2, 0) is 4.79 Å². The molecule has 0 aliphatic carbocycles. The molecular weight excluding hydrogens is 266 g/mol. The largest absolute Gasteiger partial charge is 0.382 e. The predicted molar refractivity (Wildman–Crippen MR) is 76.5 cm³/mol. The number of aromatic nitrogens is 1. The fraction of sp³-hybridized carbons (Fsp3) is 0.545. The quantitative estimate of drug-likeness (QED) is 0.685. The van der Waals surface area contributed by atoms with Gasteiger partial charge in [-0.2, -0.15) is 0 Å². The van der Waals surface area contributed by atoms with Crippen molar-refractivity contribution in [2.24, 2.45) is 0 Å². The van der Waals surface area contributed by atoms with Gasteiger partial charge in [0.05, 0.1) is 6.54 Å². The maximum absolute atomic E-state index is 11.9. The van der Waals surface area contributed by atoms with Crippen molar-refractivity contribution in [2.45, 2.75) is 13.8 Å². The molecule has 7 nitrogen and oxygen atoms in total. The van der Waals surface area contributed by atoms with Gasteiger partial charge >= 0.3 is 0 Å². The average molecular weight is 285 g/mol. The predicted octanol–water partition coefficient (Wildman–Crippen LogP) is 0.0473. The molecule has 19 heavy (non-hydrogen) atoms. The molecule has 0 bridgehead atoms. The Labute approximate surface area is 116 Å². The van der Waals surface area contributed by atoms with E-state index in [2.05, 4.69) is 15.6 Å². The van der Waals surface area contributed by atoms with E-state index in [1.807, 2.05) is 25.8 Å². The molecular formula is C11H19N5O2S. The Hall–Kier alpha value is -1.83. The summed E-state index contributed by atoms with van der Waals surface area (Å²) in [5.74, 6) is -0.421. The van der Waals surface area contributed by atoms with Crippen LogP contribution in [0.4, 0.5) is 10.9 Å². The van der Waals surface area contributed by atoms with E-state index in [1.54, 1.807) is 0 Å². The van der Waals surface area contributed by atoms with Crippen molar-refractivity contribution < 1.29 is 9.59 Å². The van der Waals surface area contributed by atoms with E-state index in [4.69, 9.17) is 5.73 Å². The van der Waals surface area contributed by atoms with Crippen LogP contribution in [0.5, 0.6) is 0 Å². The van der Waals surface area contributed by atoms with Crippen molar-refractivity contribution >= 4 is 34.1 Å². The maximum Gasteiger partial charge on any atom is 0.265 e. The van der Waals surface area contributed by atoms with Crippen LogP contribution in [0.1, 0.15) is 23.5 Å². The van der Waals surface area contributed by atoms with Gasteiger partial charge in [-0.05, 0) is 13.8 Å². The zero-order valence-electron chi connectivity index (χ0n) is 11.3. The second-order valence-corrected chi connectivity index (χ2v) is 4.84. The smallest absolute Gasteiger partial charge is 0.265 e. The molecule has 1 aromatic heterocycles. The Kier molecular flexibility index (Phi) is 5.56. The van der Waals surface area contributed by atoms with Gasteiger partial charge in [-0.3, -0.25) is 9.59 Å². The van der Waals surface area contributed by atoms with Crippen LogP contribution in [0.15, 0.2) is 0 Å². The highest BCUT2D eigenvalue weighted by atomic mass is 32.1. The van der Waals surface area contributed by atoms with Crippen LogP contribution in [0.25, 0.3) is 0 Å². The van der Waals surface area contributed by atoms with Crippen LogP contribution in [0.3, 0.4) is 0 Å². The highest BCUT2D eigenvalue weighted by Crippen LogP contribution is 2.26. The molecule has 1 rings (SSSR count). The lowest BCUT2D eigenvalue weighted by Gasteiger charge is -2.10. The number of carbonyl (C=O) groups excluding carboxylic acids is 2. The normalized spacial score (nSPS) is 10.1. The van der Waals surface area contributed by atoms with Crippen LogP contribution in [0, 0.1) is 0 Å². The SMILES string of the molecule is CCNC(=O)CNC(=O)c1sc(N(C)CC)nc1N. The first-order chi connectivity index (χ1) is 8.99. The molecule has 0 unspecified atom stereocenters. The summed E-state index contributed by atoms with van der Waals surface area (Å²) >= 11 is 1.21. The Balaban J connectivity index is 2.67. The third-order valence-corrected chi connectivity index (χ3v) is 3.62. The van der Waals surface area contributed by atoms with Crippen molar-refractivity contribution in [2.75, 3.05) is 37.3 Å². The number of hydrogen-bond donors (Lipinski definition) is 3. The summed E-state index contributed by atoms with van der Waals surface area (Å²) in [5.41, 5.74) is 5.71. The van der Waals surface area contributed by atoms with Crippen molar-refractivity contribution in [3.63, 3.8) is 0 Å². The van der Waals surface area contributed by atoms with Gasteiger partial charge in [0.25, 0.3) is 5.91 Å². The van der Waals surface area contributed by atoms with E-state index in [-0.39, 0.29) is 24.2 Å². The number of nitrogens with one attached hydrogen (secondary N) is 2. The summed E-state index contributed by atoms with van der Waals surface area (Å²) in [5, 5.41) is 5.79. The first-order valence-corrected chi connectivity index (χ1v) is 6.83. The van der Waals surface area contributed by atoms with Crippen LogP contribution in [-0.4, -0.2) is 43.5 Å². The molecule has 2 amide bonds. The molecule has 0 spiro atoms. The number of carbonyl (C=O) groups is 2. The average Bonchev–Trinajstić information content (AvgIpc) is 2.77. The molecule has 1 aromatic rings. The second-order valence-electron chi connectivity index (χ2n) is 3.86. The highest BCUT2D eigenvalue weighted by Gasteiger charge is 2.18. The van der Waals surface area contributed by atoms with Gasteiger partial charge in [-0.1, -0.05) is 11.3 Å². The molecule has 106 valence electrons. The Morgan fingerprint density at radius 1 is 1.37 bits per heavy atom. The summed E-state index contributed by atoms with van der Waals surface area (Å²) in [6, 6.07) is 0. The molecule has 8 heteroatoms. The summed E-state index contributed by atoms with van der Waals surface area (Å²) in [6.45, 7) is 5.03. The third kappa shape index (κ3) is 4.09. The van der Waals surface area contributed by atoms with Crippen molar-refractivity contribution in [3.8, 4) is 0 Å². The summed E-state index contributed by atoms with van der Waals surface area (Å²) in [6.07, 6.45) is 0. The molecule has 0 saturated carbocycles. The Morgan fingerprint density at radius 2 is 2.05 bits per heavy atom. The van der Waals surface area contributed by atoms with Gasteiger partial charge < -0.3 is 21.3 Å². The van der Waals surface area contributed by atoms with Gasteiger partial charge in [-0.25, -0.2) is 4.98 Å². The molecule has 0 aliphatic heterocycles. The fourth-order valence-electron chi connectivity index (χ4n) is 1.28. The number of thiazole rings is 1. The van der Waals surface area contributed by atoms with Crippen molar-refractivity contribution in [3.05, 3.63) is 4.88 Å². The zero-order chi connectivity index (χ0) is 14.4. The van der Waals surface area contributed by atoms with Crippen molar-refractivity contribution in [1.29, 1.82) is 0 Å². The fourth-order valence-corrected chi connectivity index (χ4v) is 2.21. The minimum atomic E-state index is -0.378. The first-order valence-electron chi connectivity index (χ1n) is 6.01. The Bertz CT molecular complexity index is 460. The minimum Gasteiger partial charge on any atom is -0.382 e. The second kappa shape index (κ2) is 6.93. The lowest BCUT2D eigenvalue weighted by Crippen LogP contribution is -2.36. The number of amides is 2. The maximum atomic E-state index is 11.9. The molecule has 0 radical (unpaired) electrons.